The number of nitrogens with two attached hydrogens (primary N) is 1. The van der Waals surface area contributed by atoms with Crippen LogP contribution in [0.3, 0.4) is 0 Å². The highest BCUT2D eigenvalue weighted by molar-refractivity contribution is 7.89. The standard InChI is InChI=1S/C14H23N3O2S/c1-14(11-15)7-9-17(12-14)10-8-16-20(18,19)13-5-3-2-4-6-13/h2-6,16H,7-12,15H2,1H3. The fraction of sp³-hybridized carbons (Fsp3) is 0.571. The fourth-order valence-corrected chi connectivity index (χ4v) is 3.55. The highest BCUT2D eigenvalue weighted by Gasteiger charge is 2.32. The van der Waals surface area contributed by atoms with Crippen LogP contribution in [0.1, 0.15) is 13.3 Å². The molecule has 0 amide bonds. The summed E-state index contributed by atoms with van der Waals surface area (Å²) in [6, 6.07) is 8.45. The number of nitrogens with zero attached hydrogens (tertiary/aromatic N) is 1. The quantitative estimate of drug-likeness (QED) is 0.808. The highest BCUT2D eigenvalue weighted by atomic mass is 32.2. The van der Waals surface area contributed by atoms with Gasteiger partial charge in [0, 0.05) is 19.6 Å². The number of hydrogen-bond acceptors (Lipinski definition) is 4. The summed E-state index contributed by atoms with van der Waals surface area (Å²) in [6.07, 6.45) is 1.08. The summed E-state index contributed by atoms with van der Waals surface area (Å²) < 4.78 is 26.7. The van der Waals surface area contributed by atoms with Gasteiger partial charge >= 0.3 is 0 Å². The molecule has 6 heteroatoms. The molecule has 1 saturated heterocycles. The molecular formula is C14H23N3O2S. The average molecular weight is 297 g/mol. The summed E-state index contributed by atoms with van der Waals surface area (Å²) in [7, 11) is -3.39. The number of likely N-dealkylation sites (tertiary alicyclic amines) is 1. The van der Waals surface area contributed by atoms with Gasteiger partial charge in [-0.15, -0.1) is 0 Å². The predicted octanol–water partition coefficient (Wildman–Crippen LogP) is 0.636. The second-order valence-electron chi connectivity index (χ2n) is 5.75. The van der Waals surface area contributed by atoms with E-state index in [9.17, 15) is 8.42 Å². The lowest BCUT2D eigenvalue weighted by Crippen LogP contribution is -2.36. The molecule has 1 aromatic rings. The van der Waals surface area contributed by atoms with Gasteiger partial charge in [0.05, 0.1) is 4.90 Å². The van der Waals surface area contributed by atoms with E-state index < -0.39 is 10.0 Å². The van der Waals surface area contributed by atoms with E-state index in [0.717, 1.165) is 26.1 Å². The topological polar surface area (TPSA) is 75.4 Å². The fourth-order valence-electron chi connectivity index (χ4n) is 2.50. The SMILES string of the molecule is CC1(CN)CCN(CCNS(=O)(=O)c2ccccc2)C1. The van der Waals surface area contributed by atoms with Crippen LogP contribution in [0.5, 0.6) is 0 Å². The largest absolute Gasteiger partial charge is 0.330 e. The molecule has 1 unspecified atom stereocenters. The predicted molar refractivity (Wildman–Crippen MR) is 79.8 cm³/mol. The Hall–Kier alpha value is -0.950. The van der Waals surface area contributed by atoms with Crippen molar-refractivity contribution < 1.29 is 8.42 Å². The molecule has 0 spiro atoms. The summed E-state index contributed by atoms with van der Waals surface area (Å²) in [5.74, 6) is 0. The number of hydrogen-bond donors (Lipinski definition) is 2. The van der Waals surface area contributed by atoms with Crippen molar-refractivity contribution in [3.8, 4) is 0 Å². The van der Waals surface area contributed by atoms with Crippen molar-refractivity contribution in [3.63, 3.8) is 0 Å². The maximum Gasteiger partial charge on any atom is 0.240 e. The molecule has 1 atom stereocenters. The van der Waals surface area contributed by atoms with E-state index in [0.29, 0.717) is 18.0 Å². The normalized spacial score (nSPS) is 24.1. The van der Waals surface area contributed by atoms with Crippen LogP contribution < -0.4 is 10.5 Å². The molecule has 1 aliphatic rings. The maximum absolute atomic E-state index is 12.0. The van der Waals surface area contributed by atoms with Gasteiger partial charge in [0.15, 0.2) is 0 Å². The van der Waals surface area contributed by atoms with Crippen LogP contribution in [0.2, 0.25) is 0 Å². The van der Waals surface area contributed by atoms with Gasteiger partial charge in [-0.1, -0.05) is 25.1 Å². The van der Waals surface area contributed by atoms with E-state index in [2.05, 4.69) is 16.5 Å². The lowest BCUT2D eigenvalue weighted by atomic mass is 9.90. The molecule has 5 nitrogen and oxygen atoms in total. The summed E-state index contributed by atoms with van der Waals surface area (Å²) in [5.41, 5.74) is 5.94. The van der Waals surface area contributed by atoms with Crippen LogP contribution in [0.15, 0.2) is 35.2 Å². The van der Waals surface area contributed by atoms with Gasteiger partial charge < -0.3 is 10.6 Å². The molecule has 0 aliphatic carbocycles. The van der Waals surface area contributed by atoms with Crippen LogP contribution in [-0.4, -0.2) is 46.0 Å². The van der Waals surface area contributed by atoms with Gasteiger partial charge in [0.25, 0.3) is 0 Å². The molecular weight excluding hydrogens is 274 g/mol. The molecule has 1 heterocycles. The highest BCUT2D eigenvalue weighted by Crippen LogP contribution is 2.27. The van der Waals surface area contributed by atoms with Crippen LogP contribution in [0.25, 0.3) is 0 Å². The Labute approximate surface area is 121 Å². The van der Waals surface area contributed by atoms with Gasteiger partial charge in [0.2, 0.25) is 10.0 Å². The second kappa shape index (κ2) is 6.22. The minimum atomic E-state index is -3.39. The summed E-state index contributed by atoms with van der Waals surface area (Å²) in [6.45, 7) is 5.94. The van der Waals surface area contributed by atoms with Crippen LogP contribution >= 0.6 is 0 Å². The van der Waals surface area contributed by atoms with E-state index in [4.69, 9.17) is 5.73 Å². The third-order valence-corrected chi connectivity index (χ3v) is 5.38. The number of benzene rings is 1. The van der Waals surface area contributed by atoms with Crippen LogP contribution in [0.4, 0.5) is 0 Å². The Bertz CT molecular complexity index is 533. The average Bonchev–Trinajstić information content (AvgIpc) is 2.82. The first-order valence-electron chi connectivity index (χ1n) is 6.92. The Morgan fingerprint density at radius 1 is 1.35 bits per heavy atom. The Balaban J connectivity index is 1.82. The molecule has 0 aromatic heterocycles. The van der Waals surface area contributed by atoms with Gasteiger partial charge in [-0.05, 0) is 37.1 Å². The van der Waals surface area contributed by atoms with E-state index >= 15 is 0 Å². The monoisotopic (exact) mass is 297 g/mol. The number of rotatable bonds is 6. The molecule has 0 bridgehead atoms. The van der Waals surface area contributed by atoms with Crippen LogP contribution in [0, 0.1) is 5.41 Å². The Morgan fingerprint density at radius 2 is 2.05 bits per heavy atom. The third-order valence-electron chi connectivity index (χ3n) is 3.90. The van der Waals surface area contributed by atoms with E-state index in [1.165, 1.54) is 0 Å². The Morgan fingerprint density at radius 3 is 2.65 bits per heavy atom. The Kier molecular flexibility index (Phi) is 4.80. The first-order valence-corrected chi connectivity index (χ1v) is 8.41. The van der Waals surface area contributed by atoms with Crippen molar-refractivity contribution in [2.45, 2.75) is 18.2 Å². The number of sulfonamides is 1. The lowest BCUT2D eigenvalue weighted by molar-refractivity contribution is 0.284. The molecule has 20 heavy (non-hydrogen) atoms. The van der Waals surface area contributed by atoms with Gasteiger partial charge in [-0.3, -0.25) is 0 Å². The van der Waals surface area contributed by atoms with E-state index in [-0.39, 0.29) is 5.41 Å². The summed E-state index contributed by atoms with van der Waals surface area (Å²) in [5, 5.41) is 0. The van der Waals surface area contributed by atoms with Gasteiger partial charge in [-0.25, -0.2) is 13.1 Å². The van der Waals surface area contributed by atoms with Gasteiger partial charge in [0.1, 0.15) is 0 Å². The molecule has 3 N–H and O–H groups in total. The number of nitrogens with one attached hydrogen (secondary N) is 1. The van der Waals surface area contributed by atoms with Crippen molar-refractivity contribution in [2.24, 2.45) is 11.1 Å². The first-order chi connectivity index (χ1) is 9.45. The first kappa shape index (κ1) is 15.4. The molecule has 0 radical (unpaired) electrons. The molecule has 0 saturated carbocycles. The molecule has 112 valence electrons. The van der Waals surface area contributed by atoms with Crippen molar-refractivity contribution in [3.05, 3.63) is 30.3 Å². The molecule has 1 aliphatic heterocycles. The molecule has 1 aromatic carbocycles. The maximum atomic E-state index is 12.0. The minimum absolute atomic E-state index is 0.179. The van der Waals surface area contributed by atoms with Crippen molar-refractivity contribution >= 4 is 10.0 Å². The van der Waals surface area contributed by atoms with Crippen molar-refractivity contribution in [1.82, 2.24) is 9.62 Å². The van der Waals surface area contributed by atoms with Crippen LogP contribution in [-0.2, 0) is 10.0 Å². The summed E-state index contributed by atoms with van der Waals surface area (Å²) in [4.78, 5) is 2.58. The minimum Gasteiger partial charge on any atom is -0.330 e. The smallest absolute Gasteiger partial charge is 0.240 e. The lowest BCUT2D eigenvalue weighted by Gasteiger charge is -2.22. The van der Waals surface area contributed by atoms with Gasteiger partial charge in [-0.2, -0.15) is 0 Å². The van der Waals surface area contributed by atoms with Crippen molar-refractivity contribution in [1.29, 1.82) is 0 Å². The third kappa shape index (κ3) is 3.79. The van der Waals surface area contributed by atoms with Crippen molar-refractivity contribution in [2.75, 3.05) is 32.7 Å². The van der Waals surface area contributed by atoms with E-state index in [1.54, 1.807) is 30.3 Å². The zero-order valence-corrected chi connectivity index (χ0v) is 12.7. The second-order valence-corrected chi connectivity index (χ2v) is 7.52. The molecule has 2 rings (SSSR count). The summed E-state index contributed by atoms with van der Waals surface area (Å²) >= 11 is 0. The molecule has 1 fully saturated rings. The zero-order chi connectivity index (χ0) is 14.6. The van der Waals surface area contributed by atoms with E-state index in [1.807, 2.05) is 0 Å². The zero-order valence-electron chi connectivity index (χ0n) is 11.9.